The van der Waals surface area contributed by atoms with Crippen LogP contribution in [0.25, 0.3) is 22.4 Å². The molecule has 5 nitrogen and oxygen atoms in total. The maximum Gasteiger partial charge on any atom is 0.413 e. The van der Waals surface area contributed by atoms with Gasteiger partial charge in [-0.1, -0.05) is 48.5 Å². The normalized spacial score (nSPS) is 12.3. The second kappa shape index (κ2) is 7.65. The van der Waals surface area contributed by atoms with Crippen LogP contribution in [0.1, 0.15) is 17.0 Å². The lowest BCUT2D eigenvalue weighted by Crippen LogP contribution is -2.17. The largest absolute Gasteiger partial charge is 0.508 e. The zero-order valence-corrected chi connectivity index (χ0v) is 16.7. The first-order valence-corrected chi connectivity index (χ1v) is 10.4. The van der Waals surface area contributed by atoms with Crippen molar-refractivity contribution in [2.24, 2.45) is 0 Å². The summed E-state index contributed by atoms with van der Waals surface area (Å²) >= 11 is 1.33. The molecule has 1 aliphatic rings. The number of carbonyl (C=O) groups is 1. The van der Waals surface area contributed by atoms with E-state index in [1.807, 2.05) is 29.6 Å². The summed E-state index contributed by atoms with van der Waals surface area (Å²) in [5.74, 6) is 0.220. The van der Waals surface area contributed by atoms with Crippen molar-refractivity contribution in [2.75, 3.05) is 11.9 Å². The first kappa shape index (κ1) is 18.4. The van der Waals surface area contributed by atoms with Crippen LogP contribution in [0.4, 0.5) is 9.93 Å². The molecule has 0 radical (unpaired) electrons. The molecule has 1 heterocycles. The van der Waals surface area contributed by atoms with Crippen LogP contribution in [0, 0.1) is 0 Å². The number of hydrogen-bond donors (Lipinski definition) is 2. The monoisotopic (exact) mass is 414 g/mol. The minimum atomic E-state index is -0.525. The molecule has 1 amide bonds. The van der Waals surface area contributed by atoms with Crippen molar-refractivity contribution in [3.05, 3.63) is 89.3 Å². The number of hydrogen-bond acceptors (Lipinski definition) is 5. The Morgan fingerprint density at radius 1 is 0.967 bits per heavy atom. The molecule has 0 bridgehead atoms. The Balaban J connectivity index is 1.27. The van der Waals surface area contributed by atoms with Gasteiger partial charge in [-0.05, 0) is 46.5 Å². The van der Waals surface area contributed by atoms with Crippen molar-refractivity contribution in [1.82, 2.24) is 4.98 Å². The number of aromatic hydroxyl groups is 1. The van der Waals surface area contributed by atoms with Gasteiger partial charge in [0.1, 0.15) is 12.4 Å². The van der Waals surface area contributed by atoms with E-state index in [1.165, 1.54) is 33.6 Å². The number of phenols is 1. The Morgan fingerprint density at radius 2 is 1.60 bits per heavy atom. The summed E-state index contributed by atoms with van der Waals surface area (Å²) in [5, 5.41) is 14.4. The molecule has 0 fully saturated rings. The summed E-state index contributed by atoms with van der Waals surface area (Å²) in [5.41, 5.74) is 6.34. The molecular formula is C24H18N2O3S. The fourth-order valence-electron chi connectivity index (χ4n) is 3.82. The van der Waals surface area contributed by atoms with Gasteiger partial charge in [0.25, 0.3) is 0 Å². The van der Waals surface area contributed by atoms with Crippen molar-refractivity contribution in [1.29, 1.82) is 0 Å². The zero-order chi connectivity index (χ0) is 20.5. The maximum absolute atomic E-state index is 12.4. The highest BCUT2D eigenvalue weighted by Crippen LogP contribution is 2.44. The van der Waals surface area contributed by atoms with Crippen LogP contribution in [-0.4, -0.2) is 22.8 Å². The third-order valence-corrected chi connectivity index (χ3v) is 5.98. The van der Waals surface area contributed by atoms with Gasteiger partial charge >= 0.3 is 6.09 Å². The molecule has 0 atom stereocenters. The maximum atomic E-state index is 12.4. The second-order valence-corrected chi connectivity index (χ2v) is 7.89. The molecule has 0 saturated heterocycles. The van der Waals surface area contributed by atoms with Gasteiger partial charge in [-0.15, -0.1) is 11.3 Å². The van der Waals surface area contributed by atoms with E-state index >= 15 is 0 Å². The van der Waals surface area contributed by atoms with Crippen LogP contribution in [0.15, 0.2) is 78.2 Å². The average molecular weight is 414 g/mol. The van der Waals surface area contributed by atoms with Gasteiger partial charge < -0.3 is 9.84 Å². The van der Waals surface area contributed by atoms with Crippen molar-refractivity contribution in [2.45, 2.75) is 5.92 Å². The highest BCUT2D eigenvalue weighted by molar-refractivity contribution is 7.14. The van der Waals surface area contributed by atoms with Crippen molar-refractivity contribution >= 4 is 22.6 Å². The van der Waals surface area contributed by atoms with Gasteiger partial charge in [0, 0.05) is 16.9 Å². The van der Waals surface area contributed by atoms with Crippen molar-refractivity contribution < 1.29 is 14.6 Å². The number of rotatable bonds is 4. The molecule has 1 aliphatic carbocycles. The average Bonchev–Trinajstić information content (AvgIpc) is 3.36. The molecule has 0 aliphatic heterocycles. The van der Waals surface area contributed by atoms with Crippen LogP contribution < -0.4 is 5.32 Å². The van der Waals surface area contributed by atoms with E-state index in [2.05, 4.69) is 34.6 Å². The third-order valence-electron chi connectivity index (χ3n) is 5.22. The Morgan fingerprint density at radius 3 is 2.27 bits per heavy atom. The topological polar surface area (TPSA) is 71.5 Å². The van der Waals surface area contributed by atoms with Gasteiger partial charge in [-0.2, -0.15) is 0 Å². The summed E-state index contributed by atoms with van der Waals surface area (Å²) in [4.78, 5) is 16.8. The minimum Gasteiger partial charge on any atom is -0.508 e. The molecule has 0 unspecified atom stereocenters. The number of amides is 1. The number of ether oxygens (including phenoxy) is 1. The van der Waals surface area contributed by atoms with Gasteiger partial charge in [-0.3, -0.25) is 5.32 Å². The number of fused-ring (bicyclic) bond motifs is 3. The quantitative estimate of drug-likeness (QED) is 0.438. The van der Waals surface area contributed by atoms with Gasteiger partial charge in [0.2, 0.25) is 0 Å². The Bertz CT molecular complexity index is 1170. The lowest BCUT2D eigenvalue weighted by molar-refractivity contribution is 0.158. The third kappa shape index (κ3) is 3.42. The number of nitrogens with one attached hydrogen (secondary N) is 1. The van der Waals surface area contributed by atoms with E-state index in [-0.39, 0.29) is 18.3 Å². The number of phenolic OH excluding ortho intramolecular Hbond substituents is 1. The summed E-state index contributed by atoms with van der Waals surface area (Å²) in [6, 6.07) is 23.2. The summed E-state index contributed by atoms with van der Waals surface area (Å²) in [6.07, 6.45) is -0.525. The first-order chi connectivity index (χ1) is 14.7. The van der Waals surface area contributed by atoms with Crippen LogP contribution in [-0.2, 0) is 4.74 Å². The van der Waals surface area contributed by atoms with E-state index in [4.69, 9.17) is 4.74 Å². The SMILES string of the molecule is O=C(Nc1nc(-c2ccc(O)cc2)cs1)OCC1c2ccccc2-c2ccccc21. The zero-order valence-electron chi connectivity index (χ0n) is 15.9. The predicted molar refractivity (Wildman–Crippen MR) is 118 cm³/mol. The lowest BCUT2D eigenvalue weighted by Gasteiger charge is -2.14. The molecule has 5 rings (SSSR count). The van der Waals surface area contributed by atoms with Crippen LogP contribution in [0.5, 0.6) is 5.75 Å². The summed E-state index contributed by atoms with van der Waals surface area (Å²) < 4.78 is 5.56. The molecule has 3 aromatic carbocycles. The number of benzene rings is 3. The number of nitrogens with zero attached hydrogens (tertiary/aromatic N) is 1. The Hall–Kier alpha value is -3.64. The number of carbonyl (C=O) groups excluding carboxylic acids is 1. The summed E-state index contributed by atoms with van der Waals surface area (Å²) in [7, 11) is 0. The van der Waals surface area contributed by atoms with Gasteiger partial charge in [0.15, 0.2) is 5.13 Å². The fourth-order valence-corrected chi connectivity index (χ4v) is 4.52. The fraction of sp³-hybridized carbons (Fsp3) is 0.0833. The minimum absolute atomic E-state index is 0.0204. The first-order valence-electron chi connectivity index (χ1n) is 9.56. The standard InChI is InChI=1S/C24H18N2O3S/c27-16-11-9-15(10-12-16)22-14-30-23(25-22)26-24(28)29-13-21-19-7-3-1-5-17(19)18-6-2-4-8-20(18)21/h1-12,14,21,27H,13H2,(H,25,26,28). The van der Waals surface area contributed by atoms with E-state index in [9.17, 15) is 9.90 Å². The van der Waals surface area contributed by atoms with Crippen molar-refractivity contribution in [3.8, 4) is 28.1 Å². The molecule has 4 aromatic rings. The highest BCUT2D eigenvalue weighted by atomic mass is 32.1. The molecule has 0 spiro atoms. The van der Waals surface area contributed by atoms with Crippen molar-refractivity contribution in [3.63, 3.8) is 0 Å². The van der Waals surface area contributed by atoms with Gasteiger partial charge in [-0.25, -0.2) is 9.78 Å². The lowest BCUT2D eigenvalue weighted by atomic mass is 9.98. The second-order valence-electron chi connectivity index (χ2n) is 7.04. The smallest absolute Gasteiger partial charge is 0.413 e. The molecular weight excluding hydrogens is 396 g/mol. The molecule has 148 valence electrons. The van der Waals surface area contributed by atoms with Gasteiger partial charge in [0.05, 0.1) is 5.69 Å². The molecule has 1 aromatic heterocycles. The Kier molecular flexibility index (Phi) is 4.69. The van der Waals surface area contributed by atoms with E-state index < -0.39 is 6.09 Å². The molecule has 0 saturated carbocycles. The van der Waals surface area contributed by atoms with Crippen LogP contribution in [0.2, 0.25) is 0 Å². The number of anilines is 1. The van der Waals surface area contributed by atoms with E-state index in [1.54, 1.807) is 24.3 Å². The molecule has 2 N–H and O–H groups in total. The Labute approximate surface area is 177 Å². The number of aromatic nitrogens is 1. The highest BCUT2D eigenvalue weighted by Gasteiger charge is 2.29. The molecule has 6 heteroatoms. The van der Waals surface area contributed by atoms with Crippen LogP contribution >= 0.6 is 11.3 Å². The molecule has 30 heavy (non-hydrogen) atoms. The number of thiazole rings is 1. The summed E-state index contributed by atoms with van der Waals surface area (Å²) in [6.45, 7) is 0.260. The predicted octanol–water partition coefficient (Wildman–Crippen LogP) is 5.88. The van der Waals surface area contributed by atoms with E-state index in [0.29, 0.717) is 5.13 Å². The van der Waals surface area contributed by atoms with Crippen LogP contribution in [0.3, 0.4) is 0 Å². The van der Waals surface area contributed by atoms with E-state index in [0.717, 1.165) is 11.3 Å².